The molecule has 4 aliphatic rings. The summed E-state index contributed by atoms with van der Waals surface area (Å²) in [4.78, 5) is 0. The molecule has 0 aromatic carbocycles. The number of hydrogen-bond acceptors (Lipinski definition) is 0. The Hall–Kier alpha value is 0.168. The second kappa shape index (κ2) is 8.24. The third kappa shape index (κ3) is 3.26. The molecule has 0 radical (unpaired) electrons. The quantitative estimate of drug-likeness (QED) is 0.358. The maximum atomic E-state index is 2.66. The van der Waals surface area contributed by atoms with Crippen LogP contribution in [0.15, 0.2) is 22.2 Å². The van der Waals surface area contributed by atoms with Crippen LogP contribution in [-0.2, 0) is 16.1 Å². The van der Waals surface area contributed by atoms with Gasteiger partial charge in [-0.15, -0.1) is 0 Å². The van der Waals surface area contributed by atoms with Gasteiger partial charge in [0.1, 0.15) is 0 Å². The molecule has 4 rings (SSSR count). The average molecular weight is 510 g/mol. The van der Waals surface area contributed by atoms with Crippen LogP contribution >= 0.6 is 0 Å². The molecule has 0 atom stereocenters. The molecule has 3 fully saturated rings. The SMILES string of the molecule is C1=CC[C]([Pt]([CH]2CCCCC2)([CH]2CCCCC2)[CH]2CCCCC2)=C1. The first-order chi connectivity index (χ1) is 11.9. The molecule has 0 spiro atoms. The summed E-state index contributed by atoms with van der Waals surface area (Å²) < 4.78 is 5.61. The van der Waals surface area contributed by atoms with Gasteiger partial charge in [0.15, 0.2) is 0 Å². The van der Waals surface area contributed by atoms with E-state index >= 15 is 0 Å². The molecule has 0 heterocycles. The van der Waals surface area contributed by atoms with Crippen molar-refractivity contribution in [2.75, 3.05) is 0 Å². The van der Waals surface area contributed by atoms with Crippen molar-refractivity contribution < 1.29 is 16.1 Å². The first-order valence-corrected chi connectivity index (χ1v) is 15.9. The monoisotopic (exact) mass is 509 g/mol. The van der Waals surface area contributed by atoms with Gasteiger partial charge in [0, 0.05) is 0 Å². The van der Waals surface area contributed by atoms with Gasteiger partial charge in [-0.3, -0.25) is 0 Å². The van der Waals surface area contributed by atoms with E-state index in [4.69, 9.17) is 0 Å². The topological polar surface area (TPSA) is 0 Å². The summed E-state index contributed by atoms with van der Waals surface area (Å²) in [5, 5.41) is 0. The predicted octanol–water partition coefficient (Wildman–Crippen LogP) is 8.24. The Kier molecular flexibility index (Phi) is 6.04. The van der Waals surface area contributed by atoms with E-state index in [2.05, 4.69) is 22.2 Å². The van der Waals surface area contributed by atoms with Crippen molar-refractivity contribution in [1.82, 2.24) is 0 Å². The zero-order valence-electron chi connectivity index (χ0n) is 15.6. The molecule has 1 heteroatoms. The first-order valence-electron chi connectivity index (χ1n) is 10.9. The minimum absolute atomic E-state index is 1.18. The van der Waals surface area contributed by atoms with Crippen molar-refractivity contribution in [3.05, 3.63) is 22.2 Å². The van der Waals surface area contributed by atoms with E-state index in [9.17, 15) is 0 Å². The second-order valence-electron chi connectivity index (χ2n) is 8.35. The summed E-state index contributed by atoms with van der Waals surface area (Å²) in [7, 11) is 0. The van der Waals surface area contributed by atoms with Gasteiger partial charge in [-0.25, -0.2) is 0 Å². The van der Waals surface area contributed by atoms with Gasteiger partial charge in [0.05, 0.1) is 0 Å². The Bertz CT molecular complexity index is 411. The predicted molar refractivity (Wildman–Crippen MR) is 102 cm³/mol. The molecule has 0 aliphatic heterocycles. The van der Waals surface area contributed by atoms with Crippen molar-refractivity contribution in [2.24, 2.45) is 0 Å². The number of hydrogen-bond donors (Lipinski definition) is 0. The van der Waals surface area contributed by atoms with Crippen LogP contribution in [0.3, 0.4) is 0 Å². The van der Waals surface area contributed by atoms with Crippen molar-refractivity contribution in [3.8, 4) is 0 Å². The molecule has 0 aromatic heterocycles. The Morgan fingerprint density at radius 1 is 0.583 bits per heavy atom. The summed E-state index contributed by atoms with van der Waals surface area (Å²) >= 11 is -1.95. The zero-order chi connectivity index (χ0) is 16.2. The summed E-state index contributed by atoms with van der Waals surface area (Å²) in [6.07, 6.45) is 32.5. The fraction of sp³-hybridized carbons (Fsp3) is 0.826. The second-order valence-corrected chi connectivity index (χ2v) is 19.6. The van der Waals surface area contributed by atoms with Crippen molar-refractivity contribution >= 4 is 0 Å². The van der Waals surface area contributed by atoms with Gasteiger partial charge in [-0.1, -0.05) is 0 Å². The molecule has 0 aromatic rings. The average Bonchev–Trinajstić information content (AvgIpc) is 3.20. The van der Waals surface area contributed by atoms with Crippen LogP contribution in [0.25, 0.3) is 0 Å². The molecule has 0 bridgehead atoms. The van der Waals surface area contributed by atoms with Crippen LogP contribution in [0.4, 0.5) is 0 Å². The van der Waals surface area contributed by atoms with Crippen LogP contribution in [0.2, 0.25) is 12.9 Å². The van der Waals surface area contributed by atoms with E-state index in [-0.39, 0.29) is 0 Å². The standard InChI is InChI=1S/3C6H11.C5H5.Pt/c3*1-2-4-6-5-3-1;1-2-4-5-3-1;/h3*1H,2-6H2;1-3H,4H2;. The molecule has 3 saturated carbocycles. The van der Waals surface area contributed by atoms with E-state index < -0.39 is 16.1 Å². The molecule has 0 N–H and O–H groups in total. The van der Waals surface area contributed by atoms with Crippen LogP contribution in [0, 0.1) is 0 Å². The third-order valence-electron chi connectivity index (χ3n) is 6.83. The third-order valence-corrected chi connectivity index (χ3v) is 23.3. The van der Waals surface area contributed by atoms with E-state index in [0.717, 1.165) is 0 Å². The van der Waals surface area contributed by atoms with Crippen LogP contribution in [-0.4, -0.2) is 0 Å². The van der Waals surface area contributed by atoms with E-state index in [0.29, 0.717) is 0 Å². The Labute approximate surface area is 153 Å². The van der Waals surface area contributed by atoms with Gasteiger partial charge < -0.3 is 0 Å². The molecule has 0 saturated heterocycles. The number of rotatable bonds is 4. The van der Waals surface area contributed by atoms with Crippen molar-refractivity contribution in [2.45, 2.75) is 116 Å². The molecular weight excluding hydrogens is 471 g/mol. The summed E-state index contributed by atoms with van der Waals surface area (Å²) in [5.41, 5.74) is 0. The zero-order valence-corrected chi connectivity index (χ0v) is 17.9. The Morgan fingerprint density at radius 2 is 1.00 bits per heavy atom. The van der Waals surface area contributed by atoms with Gasteiger partial charge in [0.25, 0.3) is 0 Å². The van der Waals surface area contributed by atoms with Crippen molar-refractivity contribution in [1.29, 1.82) is 0 Å². The Balaban J connectivity index is 1.73. The molecule has 4 aliphatic carbocycles. The molecule has 0 amide bonds. The normalized spacial score (nSPS) is 28.9. The van der Waals surface area contributed by atoms with Crippen molar-refractivity contribution in [3.63, 3.8) is 0 Å². The minimum atomic E-state index is -1.95. The van der Waals surface area contributed by atoms with E-state index in [1.165, 1.54) is 38.6 Å². The Morgan fingerprint density at radius 3 is 1.33 bits per heavy atom. The summed E-state index contributed by atoms with van der Waals surface area (Å²) in [5.74, 6) is 0. The molecule has 24 heavy (non-hydrogen) atoms. The molecule has 0 nitrogen and oxygen atoms in total. The molecule has 140 valence electrons. The molecular formula is C23H38Pt. The van der Waals surface area contributed by atoms with Gasteiger partial charge >= 0.3 is 154 Å². The molecule has 0 unspecified atom stereocenters. The summed E-state index contributed by atoms with van der Waals surface area (Å²) in [6, 6.07) is 0. The van der Waals surface area contributed by atoms with Crippen LogP contribution in [0.5, 0.6) is 0 Å². The van der Waals surface area contributed by atoms with Crippen LogP contribution in [0.1, 0.15) is 103 Å². The maximum absolute atomic E-state index is 2.66. The van der Waals surface area contributed by atoms with E-state index in [1.54, 1.807) is 77.0 Å². The van der Waals surface area contributed by atoms with Gasteiger partial charge in [0.2, 0.25) is 0 Å². The van der Waals surface area contributed by atoms with Gasteiger partial charge in [-0.2, -0.15) is 0 Å². The van der Waals surface area contributed by atoms with Crippen LogP contribution < -0.4 is 0 Å². The van der Waals surface area contributed by atoms with Gasteiger partial charge in [-0.05, 0) is 0 Å². The van der Waals surface area contributed by atoms with E-state index in [1.807, 2.05) is 0 Å². The first kappa shape index (κ1) is 17.6. The number of allylic oxidation sites excluding steroid dienone is 4. The summed E-state index contributed by atoms with van der Waals surface area (Å²) in [6.45, 7) is 0. The fourth-order valence-electron chi connectivity index (χ4n) is 5.73. The fourth-order valence-corrected chi connectivity index (χ4v) is 25.1.